The Bertz CT molecular complexity index is 2180. The van der Waals surface area contributed by atoms with Gasteiger partial charge in [-0.25, -0.2) is 0 Å². The molecule has 2 aromatic heterocycles. The SMILES string of the molecule is CC(C)(C)c1cc(-c2nccc3cc([Si](c4ccccc4)(c4ccccc4)C(C)(C)C)sc23)[c-]c2ccccc12.CCC(CC)C(=O)/C=C(\O)C(CC)CC.[Ir]. The van der Waals surface area contributed by atoms with Crippen LogP contribution >= 0.6 is 11.3 Å². The van der Waals surface area contributed by atoms with Gasteiger partial charge in [0.2, 0.25) is 0 Å². The summed E-state index contributed by atoms with van der Waals surface area (Å²) in [6.45, 7) is 22.2. The van der Waals surface area contributed by atoms with E-state index in [0.29, 0.717) is 0 Å². The van der Waals surface area contributed by atoms with Gasteiger partial charge in [-0.1, -0.05) is 159 Å². The fourth-order valence-electron chi connectivity index (χ4n) is 8.16. The fraction of sp³-hybridized carbons (Fsp3) is 0.360. The van der Waals surface area contributed by atoms with Crippen LogP contribution in [0.15, 0.2) is 121 Å². The van der Waals surface area contributed by atoms with Crippen molar-refractivity contribution in [3.63, 3.8) is 0 Å². The normalized spacial score (nSPS) is 12.5. The van der Waals surface area contributed by atoms with Crippen LogP contribution in [0.1, 0.15) is 100 Å². The molecular weight excluding hydrogens is 899 g/mol. The minimum Gasteiger partial charge on any atom is -0.512 e. The average molecular weight is 959 g/mol. The summed E-state index contributed by atoms with van der Waals surface area (Å²) in [5.74, 6) is 0.547. The second kappa shape index (κ2) is 19.2. The number of hydrogen-bond donors (Lipinski definition) is 1. The van der Waals surface area contributed by atoms with Crippen molar-refractivity contribution in [2.24, 2.45) is 11.8 Å². The van der Waals surface area contributed by atoms with Crippen molar-refractivity contribution in [3.05, 3.63) is 133 Å². The standard InChI is InChI=1S/C37H36NSSi.C13H24O2.Ir/c1-36(2,3)32-24-28(23-26-15-13-14-20-31(26)32)34-35-27(21-22-38-34)25-33(39-35)40(37(4,5)6,29-16-9-7-10-17-29)30-18-11-8-12-19-30;1-5-10(6-2)12(14)9-13(15)11(7-3)8-4;/h7-22,24-25H,1-6H3;9-11,14H,5-8H2,1-4H3;/q-1;;/b;12-9-;. The third-order valence-electron chi connectivity index (χ3n) is 11.3. The number of allylic oxidation sites excluding steroid dienone is 2. The number of aliphatic hydroxyl groups is 1. The number of rotatable bonds is 11. The van der Waals surface area contributed by atoms with Crippen LogP contribution < -0.4 is 14.9 Å². The third-order valence-corrected chi connectivity index (χ3v) is 19.0. The zero-order valence-corrected chi connectivity index (χ0v) is 39.2. The molecule has 0 saturated heterocycles. The van der Waals surface area contributed by atoms with Gasteiger partial charge in [-0.15, -0.1) is 29.1 Å². The van der Waals surface area contributed by atoms with Crippen molar-refractivity contribution in [1.82, 2.24) is 4.98 Å². The summed E-state index contributed by atoms with van der Waals surface area (Å²) in [5.41, 5.74) is 3.44. The minimum atomic E-state index is -2.44. The molecule has 6 heteroatoms. The Kier molecular flexibility index (Phi) is 15.4. The molecule has 3 nitrogen and oxygen atoms in total. The summed E-state index contributed by atoms with van der Waals surface area (Å²) in [6.07, 6.45) is 6.88. The quantitative estimate of drug-likeness (QED) is 0.0609. The Hall–Kier alpha value is -3.67. The van der Waals surface area contributed by atoms with Crippen LogP contribution in [0.3, 0.4) is 0 Å². The van der Waals surface area contributed by atoms with Crippen molar-refractivity contribution in [2.45, 2.75) is 105 Å². The molecule has 0 amide bonds. The maximum absolute atomic E-state index is 11.7. The van der Waals surface area contributed by atoms with Crippen LogP contribution in [0.25, 0.3) is 32.1 Å². The summed E-state index contributed by atoms with van der Waals surface area (Å²) >= 11 is 1.94. The molecule has 0 bridgehead atoms. The van der Waals surface area contributed by atoms with Crippen molar-refractivity contribution < 1.29 is 30.0 Å². The van der Waals surface area contributed by atoms with Gasteiger partial charge in [0.15, 0.2) is 13.9 Å². The van der Waals surface area contributed by atoms with Crippen molar-refractivity contribution in [3.8, 4) is 11.3 Å². The number of thiophene rings is 1. The molecule has 0 spiro atoms. The summed E-state index contributed by atoms with van der Waals surface area (Å²) in [4.78, 5) is 16.7. The number of fused-ring (bicyclic) bond motifs is 2. The number of aromatic nitrogens is 1. The monoisotopic (exact) mass is 959 g/mol. The number of carbonyl (C=O) groups excluding carboxylic acids is 1. The van der Waals surface area contributed by atoms with E-state index in [-0.39, 0.29) is 53.9 Å². The van der Waals surface area contributed by atoms with Crippen LogP contribution in [0.5, 0.6) is 0 Å². The van der Waals surface area contributed by atoms with E-state index in [0.717, 1.165) is 42.3 Å². The van der Waals surface area contributed by atoms with E-state index < -0.39 is 8.07 Å². The molecule has 56 heavy (non-hydrogen) atoms. The number of hydrogen-bond acceptors (Lipinski definition) is 4. The number of carbonyl (C=O) groups is 1. The topological polar surface area (TPSA) is 50.2 Å². The molecule has 1 radical (unpaired) electrons. The van der Waals surface area contributed by atoms with Gasteiger partial charge >= 0.3 is 0 Å². The van der Waals surface area contributed by atoms with Crippen LogP contribution in [-0.4, -0.2) is 23.9 Å². The van der Waals surface area contributed by atoms with Gasteiger partial charge in [0, 0.05) is 59.1 Å². The molecule has 0 aliphatic carbocycles. The Morgan fingerprint density at radius 1 is 0.768 bits per heavy atom. The van der Waals surface area contributed by atoms with Gasteiger partial charge in [-0.2, -0.15) is 11.3 Å². The van der Waals surface area contributed by atoms with Gasteiger partial charge < -0.3 is 5.11 Å². The van der Waals surface area contributed by atoms with E-state index in [1.807, 2.05) is 45.2 Å². The van der Waals surface area contributed by atoms with Crippen molar-refractivity contribution >= 4 is 60.9 Å². The van der Waals surface area contributed by atoms with E-state index in [1.165, 1.54) is 42.0 Å². The van der Waals surface area contributed by atoms with Gasteiger partial charge in [0.1, 0.15) is 0 Å². The maximum Gasteiger partial charge on any atom is 0.165 e. The van der Waals surface area contributed by atoms with E-state index in [9.17, 15) is 9.90 Å². The van der Waals surface area contributed by atoms with Gasteiger partial charge in [0.05, 0.1) is 5.76 Å². The Morgan fingerprint density at radius 2 is 1.30 bits per heavy atom. The van der Waals surface area contributed by atoms with Crippen LogP contribution in [-0.2, 0) is 30.3 Å². The van der Waals surface area contributed by atoms with Gasteiger partial charge in [-0.05, 0) is 64.0 Å². The van der Waals surface area contributed by atoms with Gasteiger partial charge in [-0.3, -0.25) is 9.78 Å². The first-order chi connectivity index (χ1) is 26.2. The van der Waals surface area contributed by atoms with E-state index in [2.05, 4.69) is 151 Å². The van der Waals surface area contributed by atoms with E-state index in [1.54, 1.807) is 0 Å². The predicted octanol–water partition coefficient (Wildman–Crippen LogP) is 12.4. The molecule has 6 aromatic rings. The summed E-state index contributed by atoms with van der Waals surface area (Å²) in [5, 5.41) is 16.4. The molecule has 0 fully saturated rings. The average Bonchev–Trinajstić information content (AvgIpc) is 3.60. The largest absolute Gasteiger partial charge is 0.512 e. The van der Waals surface area contributed by atoms with Gasteiger partial charge in [0.25, 0.3) is 0 Å². The molecule has 0 unspecified atom stereocenters. The Morgan fingerprint density at radius 3 is 1.82 bits per heavy atom. The summed E-state index contributed by atoms with van der Waals surface area (Å²) < 4.78 is 2.72. The first kappa shape index (κ1) is 45.0. The molecular formula is C50H60IrNO2SSi-. The zero-order chi connectivity index (χ0) is 40.0. The summed E-state index contributed by atoms with van der Waals surface area (Å²) in [6, 6.07) is 41.8. The molecule has 0 aliphatic heterocycles. The number of nitrogens with zero attached hydrogens (tertiary/aromatic N) is 1. The number of pyridine rings is 1. The molecule has 1 N–H and O–H groups in total. The van der Waals surface area contributed by atoms with Crippen LogP contribution in [0.2, 0.25) is 5.04 Å². The van der Waals surface area contributed by atoms with Crippen molar-refractivity contribution in [2.75, 3.05) is 0 Å². The Labute approximate surface area is 355 Å². The smallest absolute Gasteiger partial charge is 0.165 e. The third kappa shape index (κ3) is 9.37. The minimum absolute atomic E-state index is 0. The molecule has 4 aromatic carbocycles. The van der Waals surface area contributed by atoms with E-state index in [4.69, 9.17) is 4.98 Å². The molecule has 297 valence electrons. The zero-order valence-electron chi connectivity index (χ0n) is 35.0. The second-order valence-electron chi connectivity index (χ2n) is 16.8. The van der Waals surface area contributed by atoms with E-state index >= 15 is 0 Å². The summed E-state index contributed by atoms with van der Waals surface area (Å²) in [7, 11) is -2.44. The predicted molar refractivity (Wildman–Crippen MR) is 241 cm³/mol. The van der Waals surface area contributed by atoms with Crippen LogP contribution in [0.4, 0.5) is 0 Å². The number of benzene rings is 4. The number of aliphatic hydroxyl groups excluding tert-OH is 1. The second-order valence-corrected chi connectivity index (χ2v) is 22.9. The number of ketones is 1. The van der Waals surface area contributed by atoms with Crippen molar-refractivity contribution in [1.29, 1.82) is 0 Å². The molecule has 2 heterocycles. The molecule has 0 aliphatic rings. The molecule has 0 atom stereocenters. The van der Waals surface area contributed by atoms with Crippen LogP contribution in [0, 0.1) is 17.9 Å². The molecule has 0 saturated carbocycles. The first-order valence-electron chi connectivity index (χ1n) is 20.1. The fourth-order valence-corrected chi connectivity index (χ4v) is 16.7. The maximum atomic E-state index is 11.7. The first-order valence-corrected chi connectivity index (χ1v) is 22.9. The molecule has 6 rings (SSSR count). The Balaban J connectivity index is 0.000000372.